The van der Waals surface area contributed by atoms with Crippen molar-refractivity contribution >= 4 is 11.8 Å². The zero-order valence-corrected chi connectivity index (χ0v) is 16.3. The summed E-state index contributed by atoms with van der Waals surface area (Å²) in [5.41, 5.74) is 3.02. The molecule has 0 radical (unpaired) electrons. The molecule has 0 saturated heterocycles. The molecule has 2 heterocycles. The summed E-state index contributed by atoms with van der Waals surface area (Å²) in [6.45, 7) is 1.80. The van der Waals surface area contributed by atoms with Crippen LogP contribution in [0.25, 0.3) is 17.1 Å². The summed E-state index contributed by atoms with van der Waals surface area (Å²) in [7, 11) is 0. The number of thioether (sulfide) groups is 1. The van der Waals surface area contributed by atoms with Gasteiger partial charge >= 0.3 is 0 Å². The number of nitrogens with zero attached hydrogens (tertiary/aromatic N) is 6. The van der Waals surface area contributed by atoms with Crippen molar-refractivity contribution in [3.05, 3.63) is 77.4 Å². The molecule has 0 aliphatic rings. The summed E-state index contributed by atoms with van der Waals surface area (Å²) in [4.78, 5) is 0. The van der Waals surface area contributed by atoms with Crippen molar-refractivity contribution < 1.29 is 4.39 Å². The van der Waals surface area contributed by atoms with Crippen molar-refractivity contribution in [1.29, 1.82) is 5.26 Å². The highest BCUT2D eigenvalue weighted by Gasteiger charge is 2.19. The van der Waals surface area contributed by atoms with Gasteiger partial charge < -0.3 is 5.84 Å². The molecule has 2 aromatic heterocycles. The number of nitrogen functional groups attached to an aromatic ring is 1. The molecule has 7 nitrogen and oxygen atoms in total. The first kappa shape index (κ1) is 18.7. The van der Waals surface area contributed by atoms with Crippen LogP contribution in [0.5, 0.6) is 0 Å². The summed E-state index contributed by atoms with van der Waals surface area (Å²) in [5, 5.41) is 22.6. The molecular formula is C20H16FN7S. The van der Waals surface area contributed by atoms with Crippen LogP contribution in [0.4, 0.5) is 4.39 Å². The summed E-state index contributed by atoms with van der Waals surface area (Å²) in [6.07, 6.45) is 0. The molecule has 0 aliphatic heterocycles. The molecule has 0 fully saturated rings. The van der Waals surface area contributed by atoms with Crippen LogP contribution in [0.15, 0.2) is 59.8 Å². The lowest BCUT2D eigenvalue weighted by Crippen LogP contribution is -2.12. The number of hydrogen-bond donors (Lipinski definition) is 1. The fourth-order valence-electron chi connectivity index (χ4n) is 2.97. The second kappa shape index (κ2) is 7.77. The van der Waals surface area contributed by atoms with Gasteiger partial charge in [-0.15, -0.1) is 10.2 Å². The van der Waals surface area contributed by atoms with Crippen molar-refractivity contribution in [2.75, 3.05) is 5.84 Å². The van der Waals surface area contributed by atoms with Gasteiger partial charge in [-0.25, -0.2) is 13.7 Å². The Kier molecular flexibility index (Phi) is 5.01. The Morgan fingerprint density at radius 1 is 1.10 bits per heavy atom. The third-order valence-corrected chi connectivity index (χ3v) is 5.34. The van der Waals surface area contributed by atoms with Crippen LogP contribution in [-0.2, 0) is 5.75 Å². The highest BCUT2D eigenvalue weighted by Crippen LogP contribution is 2.28. The highest BCUT2D eigenvalue weighted by molar-refractivity contribution is 7.98. The zero-order chi connectivity index (χ0) is 20.4. The first-order chi connectivity index (χ1) is 14.1. The van der Waals surface area contributed by atoms with Gasteiger partial charge in [0.05, 0.1) is 28.2 Å². The average Bonchev–Trinajstić information content (AvgIpc) is 3.26. The molecule has 0 bridgehead atoms. The predicted molar refractivity (Wildman–Crippen MR) is 108 cm³/mol. The van der Waals surface area contributed by atoms with Gasteiger partial charge in [-0.05, 0) is 31.2 Å². The number of hydrogen-bond acceptors (Lipinski definition) is 6. The SMILES string of the molecule is Cc1nn(-c2ccccc2)c(CSc2nnc(-c3ccccc3F)n2N)c1C#N. The van der Waals surface area contributed by atoms with Gasteiger partial charge in [-0.2, -0.15) is 10.4 Å². The number of nitrogens with two attached hydrogens (primary N) is 1. The summed E-state index contributed by atoms with van der Waals surface area (Å²) < 4.78 is 17.1. The van der Waals surface area contributed by atoms with Gasteiger partial charge in [0.25, 0.3) is 0 Å². The van der Waals surface area contributed by atoms with Crippen molar-refractivity contribution in [3.63, 3.8) is 0 Å². The van der Waals surface area contributed by atoms with E-state index in [0.29, 0.717) is 22.2 Å². The fourth-order valence-corrected chi connectivity index (χ4v) is 3.83. The number of rotatable bonds is 5. The topological polar surface area (TPSA) is 98.3 Å². The molecule has 29 heavy (non-hydrogen) atoms. The Morgan fingerprint density at radius 2 is 1.83 bits per heavy atom. The number of benzene rings is 2. The highest BCUT2D eigenvalue weighted by atomic mass is 32.2. The number of nitriles is 1. The van der Waals surface area contributed by atoms with E-state index in [2.05, 4.69) is 21.4 Å². The Bertz CT molecular complexity index is 1210. The van der Waals surface area contributed by atoms with E-state index in [-0.39, 0.29) is 11.4 Å². The van der Waals surface area contributed by atoms with Crippen molar-refractivity contribution in [2.45, 2.75) is 17.8 Å². The van der Waals surface area contributed by atoms with E-state index in [1.807, 2.05) is 30.3 Å². The molecule has 0 saturated carbocycles. The first-order valence-corrected chi connectivity index (χ1v) is 9.71. The molecule has 9 heteroatoms. The van der Waals surface area contributed by atoms with Gasteiger partial charge in [-0.1, -0.05) is 42.1 Å². The molecule has 144 valence electrons. The van der Waals surface area contributed by atoms with Gasteiger partial charge in [0.2, 0.25) is 5.16 Å². The Morgan fingerprint density at radius 3 is 2.55 bits per heavy atom. The fraction of sp³-hybridized carbons (Fsp3) is 0.100. The van der Waals surface area contributed by atoms with Crippen molar-refractivity contribution in [1.82, 2.24) is 24.7 Å². The lowest BCUT2D eigenvalue weighted by molar-refractivity contribution is 0.629. The quantitative estimate of drug-likeness (QED) is 0.403. The van der Waals surface area contributed by atoms with Crippen LogP contribution in [0.2, 0.25) is 0 Å². The molecule has 0 atom stereocenters. The van der Waals surface area contributed by atoms with E-state index in [1.165, 1.54) is 22.5 Å². The number of aromatic nitrogens is 5. The minimum absolute atomic E-state index is 0.235. The third kappa shape index (κ3) is 3.46. The van der Waals surface area contributed by atoms with Crippen LogP contribution in [0.1, 0.15) is 17.0 Å². The van der Waals surface area contributed by atoms with Crippen molar-refractivity contribution in [2.24, 2.45) is 0 Å². The lowest BCUT2D eigenvalue weighted by Gasteiger charge is -2.08. The van der Waals surface area contributed by atoms with Gasteiger partial charge in [-0.3, -0.25) is 0 Å². The summed E-state index contributed by atoms with van der Waals surface area (Å²) in [5.74, 6) is 6.32. The maximum absolute atomic E-state index is 14.1. The maximum atomic E-state index is 14.1. The molecule has 0 spiro atoms. The molecule has 2 aromatic carbocycles. The predicted octanol–water partition coefficient (Wildman–Crippen LogP) is 3.46. The Balaban J connectivity index is 1.66. The monoisotopic (exact) mass is 405 g/mol. The second-order valence-electron chi connectivity index (χ2n) is 6.21. The van der Waals surface area contributed by atoms with E-state index in [9.17, 15) is 9.65 Å². The van der Waals surface area contributed by atoms with Crippen LogP contribution in [0.3, 0.4) is 0 Å². The van der Waals surface area contributed by atoms with E-state index in [0.717, 1.165) is 11.4 Å². The van der Waals surface area contributed by atoms with E-state index in [4.69, 9.17) is 5.84 Å². The number of para-hydroxylation sites is 1. The molecule has 0 unspecified atom stereocenters. The molecule has 4 rings (SSSR count). The van der Waals surface area contributed by atoms with Gasteiger partial charge in [0.15, 0.2) is 5.82 Å². The second-order valence-corrected chi connectivity index (χ2v) is 7.15. The normalized spacial score (nSPS) is 10.8. The standard InChI is InChI=1S/C20H16FN7S/c1-13-16(11-22)18(28(26-13)14-7-3-2-4-8-14)12-29-20-25-24-19(27(20)23)15-9-5-6-10-17(15)21/h2-10H,12,23H2,1H3. The number of aryl methyl sites for hydroxylation is 1. The van der Waals surface area contributed by atoms with Crippen LogP contribution in [0, 0.1) is 24.1 Å². The molecular weight excluding hydrogens is 389 g/mol. The summed E-state index contributed by atoms with van der Waals surface area (Å²) >= 11 is 1.30. The maximum Gasteiger partial charge on any atom is 0.210 e. The van der Waals surface area contributed by atoms with Crippen molar-refractivity contribution in [3.8, 4) is 23.1 Å². The minimum Gasteiger partial charge on any atom is -0.335 e. The number of halogens is 1. The van der Waals surface area contributed by atoms with E-state index < -0.39 is 5.82 Å². The lowest BCUT2D eigenvalue weighted by atomic mass is 10.2. The minimum atomic E-state index is -0.423. The van der Waals surface area contributed by atoms with Crippen LogP contribution < -0.4 is 5.84 Å². The van der Waals surface area contributed by atoms with E-state index in [1.54, 1.807) is 29.8 Å². The van der Waals surface area contributed by atoms with Crippen LogP contribution in [-0.4, -0.2) is 24.7 Å². The summed E-state index contributed by atoms with van der Waals surface area (Å²) in [6, 6.07) is 18.0. The molecule has 0 amide bonds. The Labute approximate surface area is 170 Å². The zero-order valence-electron chi connectivity index (χ0n) is 15.5. The van der Waals surface area contributed by atoms with E-state index >= 15 is 0 Å². The third-order valence-electron chi connectivity index (χ3n) is 4.39. The molecule has 2 N–H and O–H groups in total. The largest absolute Gasteiger partial charge is 0.335 e. The van der Waals surface area contributed by atoms with Crippen LogP contribution >= 0.6 is 11.8 Å². The van der Waals surface area contributed by atoms with Gasteiger partial charge in [0, 0.05) is 5.75 Å². The molecule has 4 aromatic rings. The molecule has 0 aliphatic carbocycles. The Hall–Kier alpha value is -3.64. The first-order valence-electron chi connectivity index (χ1n) is 8.72. The van der Waals surface area contributed by atoms with Gasteiger partial charge in [0.1, 0.15) is 11.9 Å². The smallest absolute Gasteiger partial charge is 0.210 e. The average molecular weight is 405 g/mol.